The Morgan fingerprint density at radius 1 is 1.48 bits per heavy atom. The van der Waals surface area contributed by atoms with Gasteiger partial charge in [-0.15, -0.1) is 0 Å². The normalized spacial score (nSPS) is 12.6. The van der Waals surface area contributed by atoms with Crippen molar-refractivity contribution in [2.75, 3.05) is 5.32 Å². The highest BCUT2D eigenvalue weighted by Crippen LogP contribution is 2.31. The monoisotopic (exact) mass is 292 g/mol. The fraction of sp³-hybridized carbons (Fsp3) is 0.500. The van der Waals surface area contributed by atoms with E-state index in [4.69, 9.17) is 4.42 Å². The number of hydrogen-bond acceptors (Lipinski definition) is 5. The third-order valence-corrected chi connectivity index (χ3v) is 3.20. The Kier molecular flexibility index (Phi) is 4.30. The van der Waals surface area contributed by atoms with Crippen LogP contribution < -0.4 is 5.32 Å². The van der Waals surface area contributed by atoms with E-state index in [9.17, 15) is 10.1 Å². The van der Waals surface area contributed by atoms with Crippen molar-refractivity contribution in [1.82, 2.24) is 9.78 Å². The number of nitrogens with zero attached hydrogens (tertiary/aromatic N) is 3. The van der Waals surface area contributed by atoms with E-state index in [0.717, 1.165) is 5.76 Å². The molecule has 0 saturated carbocycles. The number of nitrogens with one attached hydrogen (secondary N) is 1. The maximum atomic E-state index is 11.3. The van der Waals surface area contributed by atoms with Gasteiger partial charge >= 0.3 is 5.69 Å². The molecule has 7 nitrogen and oxygen atoms in total. The van der Waals surface area contributed by atoms with Crippen LogP contribution >= 0.6 is 0 Å². The lowest BCUT2D eigenvalue weighted by Gasteiger charge is -2.16. The summed E-state index contributed by atoms with van der Waals surface area (Å²) in [6.07, 6.45) is 2.26. The van der Waals surface area contributed by atoms with Gasteiger partial charge in [0, 0.05) is 18.5 Å². The summed E-state index contributed by atoms with van der Waals surface area (Å²) in [5.74, 6) is 1.29. The van der Waals surface area contributed by atoms with E-state index in [1.165, 1.54) is 0 Å². The minimum absolute atomic E-state index is 0.0107. The molecule has 1 unspecified atom stereocenters. The highest BCUT2D eigenvalue weighted by molar-refractivity contribution is 5.60. The zero-order chi connectivity index (χ0) is 15.6. The highest BCUT2D eigenvalue weighted by atomic mass is 16.6. The minimum Gasteiger partial charge on any atom is -0.469 e. The average molecular weight is 292 g/mol. The van der Waals surface area contributed by atoms with Crippen LogP contribution in [0, 0.1) is 17.0 Å². The summed E-state index contributed by atoms with van der Waals surface area (Å²) in [4.78, 5) is 10.9. The van der Waals surface area contributed by atoms with Crippen molar-refractivity contribution in [1.29, 1.82) is 0 Å². The van der Waals surface area contributed by atoms with Crippen molar-refractivity contribution < 1.29 is 9.34 Å². The third-order valence-electron chi connectivity index (χ3n) is 3.20. The predicted molar refractivity (Wildman–Crippen MR) is 79.5 cm³/mol. The molecule has 0 amide bonds. The molecule has 0 radical (unpaired) electrons. The molecule has 0 saturated heterocycles. The van der Waals surface area contributed by atoms with Gasteiger partial charge in [0.05, 0.1) is 11.2 Å². The molecule has 0 spiro atoms. The molecule has 21 heavy (non-hydrogen) atoms. The summed E-state index contributed by atoms with van der Waals surface area (Å²) >= 11 is 0. The van der Waals surface area contributed by atoms with Gasteiger partial charge in [-0.3, -0.25) is 10.1 Å². The molecular formula is C14H20N4O3. The molecule has 2 aromatic rings. The summed E-state index contributed by atoms with van der Waals surface area (Å²) < 4.78 is 6.96. The van der Waals surface area contributed by atoms with E-state index in [-0.39, 0.29) is 22.7 Å². The maximum Gasteiger partial charge on any atom is 0.333 e. The third kappa shape index (κ3) is 3.24. The van der Waals surface area contributed by atoms with E-state index in [2.05, 4.69) is 10.4 Å². The predicted octanol–water partition coefficient (Wildman–Crippen LogP) is 3.32. The van der Waals surface area contributed by atoms with Gasteiger partial charge in [0.1, 0.15) is 11.5 Å². The van der Waals surface area contributed by atoms with E-state index in [1.807, 2.05) is 32.9 Å². The molecular weight excluding hydrogens is 272 g/mol. The van der Waals surface area contributed by atoms with Crippen LogP contribution in [0.25, 0.3) is 0 Å². The lowest BCUT2D eigenvalue weighted by atomic mass is 10.2. The maximum absolute atomic E-state index is 11.3. The first kappa shape index (κ1) is 15.1. The second-order valence-electron chi connectivity index (χ2n) is 5.41. The Morgan fingerprint density at radius 3 is 2.71 bits per heavy atom. The van der Waals surface area contributed by atoms with Gasteiger partial charge in [-0.25, -0.2) is 4.68 Å². The van der Waals surface area contributed by atoms with Gasteiger partial charge in [0.2, 0.25) is 5.82 Å². The Balaban J connectivity index is 2.26. The van der Waals surface area contributed by atoms with Crippen molar-refractivity contribution in [2.45, 2.75) is 46.2 Å². The Hall–Kier alpha value is -2.31. The topological polar surface area (TPSA) is 86.1 Å². The van der Waals surface area contributed by atoms with Crippen LogP contribution in [0.3, 0.4) is 0 Å². The summed E-state index contributed by atoms with van der Waals surface area (Å²) in [6, 6.07) is 3.74. The number of rotatable bonds is 6. The molecule has 0 fully saturated rings. The molecule has 1 atom stereocenters. The molecule has 7 heteroatoms. The first-order valence-corrected chi connectivity index (χ1v) is 6.92. The fourth-order valence-corrected chi connectivity index (χ4v) is 2.28. The molecule has 2 heterocycles. The van der Waals surface area contributed by atoms with Crippen LogP contribution in [0.1, 0.15) is 38.3 Å². The first-order valence-electron chi connectivity index (χ1n) is 6.92. The van der Waals surface area contributed by atoms with Crippen LogP contribution in [0.15, 0.2) is 22.8 Å². The van der Waals surface area contributed by atoms with Crippen LogP contribution in [0.2, 0.25) is 0 Å². The Labute approximate surface area is 123 Å². The molecule has 2 aromatic heterocycles. The van der Waals surface area contributed by atoms with Crippen molar-refractivity contribution in [3.05, 3.63) is 40.0 Å². The van der Waals surface area contributed by atoms with Gasteiger partial charge in [-0.1, -0.05) is 0 Å². The van der Waals surface area contributed by atoms with Gasteiger partial charge in [0.15, 0.2) is 0 Å². The van der Waals surface area contributed by atoms with Crippen molar-refractivity contribution >= 4 is 11.5 Å². The van der Waals surface area contributed by atoms with E-state index < -0.39 is 0 Å². The number of aromatic nitrogens is 2. The molecule has 0 aliphatic carbocycles. The Morgan fingerprint density at radius 2 is 2.19 bits per heavy atom. The minimum atomic E-state index is -0.386. The van der Waals surface area contributed by atoms with Crippen molar-refractivity contribution in [2.24, 2.45) is 0 Å². The summed E-state index contributed by atoms with van der Waals surface area (Å²) in [6.45, 7) is 7.50. The van der Waals surface area contributed by atoms with Crippen LogP contribution in [0.5, 0.6) is 0 Å². The molecule has 2 rings (SSSR count). The second kappa shape index (κ2) is 5.99. The van der Waals surface area contributed by atoms with Crippen molar-refractivity contribution in [3.8, 4) is 0 Å². The Bertz CT molecular complexity index is 616. The number of nitro groups is 1. The largest absolute Gasteiger partial charge is 0.469 e. The second-order valence-corrected chi connectivity index (χ2v) is 5.41. The van der Waals surface area contributed by atoms with E-state index in [0.29, 0.717) is 17.9 Å². The van der Waals surface area contributed by atoms with Crippen LogP contribution in [-0.4, -0.2) is 20.7 Å². The molecule has 114 valence electrons. The molecule has 1 N–H and O–H groups in total. The number of aryl methyl sites for hydroxylation is 1. The lowest BCUT2D eigenvalue weighted by Crippen LogP contribution is -2.21. The summed E-state index contributed by atoms with van der Waals surface area (Å²) in [5.41, 5.74) is 0.455. The number of anilines is 1. The number of hydrogen-bond donors (Lipinski definition) is 1. The smallest absolute Gasteiger partial charge is 0.333 e. The highest BCUT2D eigenvalue weighted by Gasteiger charge is 2.27. The van der Waals surface area contributed by atoms with Crippen LogP contribution in [0.4, 0.5) is 11.5 Å². The first-order chi connectivity index (χ1) is 9.90. The van der Waals surface area contributed by atoms with Crippen LogP contribution in [-0.2, 0) is 6.42 Å². The molecule has 0 aromatic carbocycles. The number of furan rings is 1. The van der Waals surface area contributed by atoms with E-state index in [1.54, 1.807) is 17.9 Å². The molecule has 0 aliphatic heterocycles. The zero-order valence-corrected chi connectivity index (χ0v) is 12.7. The quantitative estimate of drug-likeness (QED) is 0.652. The SMILES string of the molecule is Cc1nn(C(C)C)c(NC(C)Cc2ccco2)c1[N+](=O)[O-]. The molecule has 0 aliphatic rings. The van der Waals surface area contributed by atoms with Gasteiger partial charge in [0.25, 0.3) is 0 Å². The summed E-state index contributed by atoms with van der Waals surface area (Å²) in [7, 11) is 0. The lowest BCUT2D eigenvalue weighted by molar-refractivity contribution is -0.384. The van der Waals surface area contributed by atoms with Gasteiger partial charge < -0.3 is 9.73 Å². The van der Waals surface area contributed by atoms with Gasteiger partial charge in [-0.2, -0.15) is 5.10 Å². The molecule has 0 bridgehead atoms. The standard InChI is InChI=1S/C14H20N4O3/c1-9(2)17-14(13(18(19)20)11(4)16-17)15-10(3)8-12-6-5-7-21-12/h5-7,9-10,15H,8H2,1-4H3. The van der Waals surface area contributed by atoms with Gasteiger partial charge in [-0.05, 0) is 39.8 Å². The average Bonchev–Trinajstić information content (AvgIpc) is 2.97. The zero-order valence-electron chi connectivity index (χ0n) is 12.7. The van der Waals surface area contributed by atoms with Crippen molar-refractivity contribution in [3.63, 3.8) is 0 Å². The van der Waals surface area contributed by atoms with E-state index >= 15 is 0 Å². The fourth-order valence-electron chi connectivity index (χ4n) is 2.28. The summed E-state index contributed by atoms with van der Waals surface area (Å²) in [5, 5.41) is 18.7.